The van der Waals surface area contributed by atoms with E-state index in [4.69, 9.17) is 0 Å². The zero-order chi connectivity index (χ0) is 13.1. The Morgan fingerprint density at radius 3 is 2.50 bits per heavy atom. The van der Waals surface area contributed by atoms with Crippen molar-refractivity contribution in [2.45, 2.75) is 11.4 Å². The molecule has 0 spiro atoms. The lowest BCUT2D eigenvalue weighted by Gasteiger charge is -2.14. The first kappa shape index (κ1) is 14.0. The molecule has 0 aliphatic rings. The summed E-state index contributed by atoms with van der Waals surface area (Å²) in [5.74, 6) is 0.190. The standard InChI is InChI=1S/C12H8Br2F2OS/c13-8-5-6-18-11(8)10(14)7-3-1-2-4-9(7)17-12(15)16/h1-6,10,12H. The van der Waals surface area contributed by atoms with E-state index in [1.165, 1.54) is 6.07 Å². The lowest BCUT2D eigenvalue weighted by Crippen LogP contribution is -2.05. The average molecular weight is 398 g/mol. The molecule has 0 radical (unpaired) electrons. The van der Waals surface area contributed by atoms with E-state index in [0.717, 1.165) is 9.35 Å². The molecule has 1 aromatic carbocycles. The number of hydrogen-bond acceptors (Lipinski definition) is 2. The number of halogens is 4. The van der Waals surface area contributed by atoms with E-state index in [2.05, 4.69) is 36.6 Å². The molecule has 1 nitrogen and oxygen atoms in total. The largest absolute Gasteiger partial charge is 0.434 e. The minimum absolute atomic E-state index is 0.179. The summed E-state index contributed by atoms with van der Waals surface area (Å²) in [5.41, 5.74) is 0.681. The summed E-state index contributed by atoms with van der Waals surface area (Å²) in [5, 5.41) is 1.93. The van der Waals surface area contributed by atoms with Gasteiger partial charge in [0, 0.05) is 14.9 Å². The molecular weight excluding hydrogens is 390 g/mol. The van der Waals surface area contributed by atoms with Crippen LogP contribution in [0, 0.1) is 0 Å². The fraction of sp³-hybridized carbons (Fsp3) is 0.167. The first-order valence-corrected chi connectivity index (χ1v) is 7.59. The first-order chi connectivity index (χ1) is 8.59. The number of benzene rings is 1. The van der Waals surface area contributed by atoms with Crippen molar-refractivity contribution in [1.82, 2.24) is 0 Å². The van der Waals surface area contributed by atoms with Gasteiger partial charge in [-0.25, -0.2) is 0 Å². The van der Waals surface area contributed by atoms with Crippen LogP contribution >= 0.6 is 43.2 Å². The monoisotopic (exact) mass is 396 g/mol. The molecule has 0 bridgehead atoms. The summed E-state index contributed by atoms with van der Waals surface area (Å²) < 4.78 is 30.2. The van der Waals surface area contributed by atoms with Crippen LogP contribution in [0.4, 0.5) is 8.78 Å². The van der Waals surface area contributed by atoms with Gasteiger partial charge in [-0.1, -0.05) is 34.1 Å². The van der Waals surface area contributed by atoms with Crippen LogP contribution in [0.25, 0.3) is 0 Å². The van der Waals surface area contributed by atoms with Gasteiger partial charge < -0.3 is 4.74 Å². The first-order valence-electron chi connectivity index (χ1n) is 5.00. The molecule has 0 saturated heterocycles. The minimum Gasteiger partial charge on any atom is -0.434 e. The van der Waals surface area contributed by atoms with E-state index in [1.807, 2.05) is 11.4 Å². The van der Waals surface area contributed by atoms with Gasteiger partial charge in [-0.05, 0) is 33.4 Å². The fourth-order valence-corrected chi connectivity index (χ4v) is 4.37. The van der Waals surface area contributed by atoms with Crippen molar-refractivity contribution in [3.8, 4) is 5.75 Å². The summed E-state index contributed by atoms with van der Waals surface area (Å²) in [6, 6.07) is 8.69. The zero-order valence-electron chi connectivity index (χ0n) is 8.95. The molecule has 0 saturated carbocycles. The highest BCUT2D eigenvalue weighted by Crippen LogP contribution is 2.42. The van der Waals surface area contributed by atoms with Crippen LogP contribution in [-0.4, -0.2) is 6.61 Å². The predicted octanol–water partition coefficient (Wildman–Crippen LogP) is 5.60. The van der Waals surface area contributed by atoms with Crippen molar-refractivity contribution in [3.63, 3.8) is 0 Å². The Bertz CT molecular complexity index is 530. The highest BCUT2D eigenvalue weighted by Gasteiger charge is 2.20. The summed E-state index contributed by atoms with van der Waals surface area (Å²) >= 11 is 8.49. The number of hydrogen-bond donors (Lipinski definition) is 0. The van der Waals surface area contributed by atoms with Crippen molar-refractivity contribution in [2.24, 2.45) is 0 Å². The molecule has 2 aromatic rings. The molecular formula is C12H8Br2F2OS. The van der Waals surface area contributed by atoms with Gasteiger partial charge in [0.05, 0.1) is 4.83 Å². The molecule has 0 fully saturated rings. The smallest absolute Gasteiger partial charge is 0.387 e. The van der Waals surface area contributed by atoms with Crippen molar-refractivity contribution in [3.05, 3.63) is 50.6 Å². The van der Waals surface area contributed by atoms with Crippen LogP contribution in [0.3, 0.4) is 0 Å². The summed E-state index contributed by atoms with van der Waals surface area (Å²) in [6.07, 6.45) is 0. The second kappa shape index (κ2) is 6.12. The Morgan fingerprint density at radius 1 is 1.17 bits per heavy atom. The van der Waals surface area contributed by atoms with Gasteiger partial charge in [0.25, 0.3) is 0 Å². The lowest BCUT2D eigenvalue weighted by atomic mass is 10.1. The number of para-hydroxylation sites is 1. The number of alkyl halides is 3. The van der Waals surface area contributed by atoms with Gasteiger partial charge >= 0.3 is 6.61 Å². The SMILES string of the molecule is FC(F)Oc1ccccc1C(Br)c1sccc1Br. The van der Waals surface area contributed by atoms with Crippen molar-refractivity contribution >= 4 is 43.2 Å². The molecule has 1 aromatic heterocycles. The molecule has 0 N–H and O–H groups in total. The minimum atomic E-state index is -2.82. The van der Waals surface area contributed by atoms with Crippen LogP contribution in [0.15, 0.2) is 40.2 Å². The van der Waals surface area contributed by atoms with Crippen LogP contribution in [-0.2, 0) is 0 Å². The third-order valence-corrected chi connectivity index (χ3v) is 5.47. The number of rotatable bonds is 4. The van der Waals surface area contributed by atoms with E-state index in [0.29, 0.717) is 5.56 Å². The van der Waals surface area contributed by atoms with E-state index in [9.17, 15) is 8.78 Å². The maximum Gasteiger partial charge on any atom is 0.387 e. The van der Waals surface area contributed by atoms with Gasteiger partial charge in [0.2, 0.25) is 0 Å². The number of thiophene rings is 1. The lowest BCUT2D eigenvalue weighted by molar-refractivity contribution is -0.0503. The Morgan fingerprint density at radius 2 is 1.89 bits per heavy atom. The molecule has 96 valence electrons. The predicted molar refractivity (Wildman–Crippen MR) is 75.9 cm³/mol. The molecule has 2 rings (SSSR count). The highest BCUT2D eigenvalue weighted by molar-refractivity contribution is 9.11. The van der Waals surface area contributed by atoms with Crippen LogP contribution < -0.4 is 4.74 Å². The molecule has 18 heavy (non-hydrogen) atoms. The molecule has 0 aliphatic carbocycles. The summed E-state index contributed by atoms with van der Waals surface area (Å²) in [7, 11) is 0. The molecule has 0 aliphatic heterocycles. The van der Waals surface area contributed by atoms with Gasteiger partial charge in [-0.2, -0.15) is 8.78 Å². The van der Waals surface area contributed by atoms with Gasteiger partial charge in [-0.3, -0.25) is 0 Å². The highest BCUT2D eigenvalue weighted by atomic mass is 79.9. The van der Waals surface area contributed by atoms with Crippen LogP contribution in [0.5, 0.6) is 5.75 Å². The Hall–Kier alpha value is -0.460. The van der Waals surface area contributed by atoms with Crippen molar-refractivity contribution in [2.75, 3.05) is 0 Å². The third kappa shape index (κ3) is 3.10. The average Bonchev–Trinajstić information content (AvgIpc) is 2.74. The Labute approximate surface area is 124 Å². The molecule has 1 unspecified atom stereocenters. The Balaban J connectivity index is 2.36. The van der Waals surface area contributed by atoms with Gasteiger partial charge in [0.1, 0.15) is 5.75 Å². The van der Waals surface area contributed by atoms with E-state index >= 15 is 0 Å². The van der Waals surface area contributed by atoms with Gasteiger partial charge in [0.15, 0.2) is 0 Å². The quantitative estimate of drug-likeness (QED) is 0.610. The van der Waals surface area contributed by atoms with Gasteiger partial charge in [-0.15, -0.1) is 11.3 Å². The second-order valence-electron chi connectivity index (χ2n) is 3.41. The summed E-state index contributed by atoms with van der Waals surface area (Å²) in [4.78, 5) is 0.835. The molecule has 1 atom stereocenters. The fourth-order valence-electron chi connectivity index (χ4n) is 1.52. The maximum atomic E-state index is 12.3. The maximum absolute atomic E-state index is 12.3. The summed E-state index contributed by atoms with van der Waals surface area (Å²) in [6.45, 7) is -2.82. The van der Waals surface area contributed by atoms with Crippen molar-refractivity contribution in [1.29, 1.82) is 0 Å². The van der Waals surface area contributed by atoms with E-state index < -0.39 is 6.61 Å². The van der Waals surface area contributed by atoms with Crippen molar-refractivity contribution < 1.29 is 13.5 Å². The second-order valence-corrected chi connectivity index (χ2v) is 6.13. The Kier molecular flexibility index (Phi) is 4.75. The molecule has 6 heteroatoms. The third-order valence-electron chi connectivity index (χ3n) is 2.28. The van der Waals surface area contributed by atoms with Crippen LogP contribution in [0.2, 0.25) is 0 Å². The number of ether oxygens (including phenoxy) is 1. The normalized spacial score (nSPS) is 12.7. The van der Waals surface area contributed by atoms with Crippen LogP contribution in [0.1, 0.15) is 15.3 Å². The zero-order valence-corrected chi connectivity index (χ0v) is 12.9. The van der Waals surface area contributed by atoms with E-state index in [1.54, 1.807) is 29.5 Å². The topological polar surface area (TPSA) is 9.23 Å². The van der Waals surface area contributed by atoms with E-state index in [-0.39, 0.29) is 10.6 Å². The molecule has 1 heterocycles. The molecule has 0 amide bonds.